The summed E-state index contributed by atoms with van der Waals surface area (Å²) in [7, 11) is 0. The quantitative estimate of drug-likeness (QED) is 0.932. The van der Waals surface area contributed by atoms with E-state index in [4.69, 9.17) is 5.73 Å². The van der Waals surface area contributed by atoms with Crippen molar-refractivity contribution in [2.24, 2.45) is 5.73 Å². The Morgan fingerprint density at radius 1 is 1.15 bits per heavy atom. The first-order chi connectivity index (χ1) is 9.45. The Hall–Kier alpha value is -1.87. The minimum absolute atomic E-state index is 0.0118. The summed E-state index contributed by atoms with van der Waals surface area (Å²) < 4.78 is 1.74. The summed E-state index contributed by atoms with van der Waals surface area (Å²) in [6, 6.07) is 10.2. The molecular weight excluding hydrogens is 248 g/mol. The Kier molecular flexibility index (Phi) is 4.09. The Bertz CT molecular complexity index is 667. The number of aromatic nitrogens is 1. The standard InChI is InChI=1S/C17H22N2O/c1-11(2)14-5-7-15(8-6-14)19-13(4)9-12(3)16(10-18)17(19)20/h5-9,11H,10,18H2,1-4H3. The van der Waals surface area contributed by atoms with Crippen LogP contribution < -0.4 is 11.3 Å². The largest absolute Gasteiger partial charge is 0.326 e. The third-order valence-electron chi connectivity index (χ3n) is 3.74. The maximum Gasteiger partial charge on any atom is 0.260 e. The van der Waals surface area contributed by atoms with Gasteiger partial charge in [0.05, 0.1) is 0 Å². The van der Waals surface area contributed by atoms with Crippen LogP contribution in [0.5, 0.6) is 0 Å². The topological polar surface area (TPSA) is 48.0 Å². The van der Waals surface area contributed by atoms with Gasteiger partial charge in [-0.1, -0.05) is 26.0 Å². The first-order valence-electron chi connectivity index (χ1n) is 6.98. The molecule has 1 aromatic carbocycles. The van der Waals surface area contributed by atoms with Crippen molar-refractivity contribution in [3.63, 3.8) is 0 Å². The van der Waals surface area contributed by atoms with Gasteiger partial charge >= 0.3 is 0 Å². The normalized spacial score (nSPS) is 11.1. The second-order valence-electron chi connectivity index (χ2n) is 5.54. The fourth-order valence-corrected chi connectivity index (χ4v) is 2.51. The van der Waals surface area contributed by atoms with Crippen molar-refractivity contribution in [2.75, 3.05) is 0 Å². The van der Waals surface area contributed by atoms with Crippen LogP contribution in [-0.2, 0) is 6.54 Å². The molecule has 3 nitrogen and oxygen atoms in total. The zero-order chi connectivity index (χ0) is 14.9. The van der Waals surface area contributed by atoms with Crippen LogP contribution in [0, 0.1) is 13.8 Å². The molecule has 0 fully saturated rings. The summed E-state index contributed by atoms with van der Waals surface area (Å²) >= 11 is 0. The first-order valence-corrected chi connectivity index (χ1v) is 6.98. The maximum atomic E-state index is 12.5. The highest BCUT2D eigenvalue weighted by atomic mass is 16.1. The van der Waals surface area contributed by atoms with Gasteiger partial charge in [0.25, 0.3) is 5.56 Å². The van der Waals surface area contributed by atoms with Gasteiger partial charge in [-0.3, -0.25) is 9.36 Å². The molecular formula is C17H22N2O. The van der Waals surface area contributed by atoms with E-state index < -0.39 is 0 Å². The Morgan fingerprint density at radius 3 is 2.25 bits per heavy atom. The van der Waals surface area contributed by atoms with E-state index >= 15 is 0 Å². The van der Waals surface area contributed by atoms with Gasteiger partial charge in [0.15, 0.2) is 0 Å². The number of nitrogens with zero attached hydrogens (tertiary/aromatic N) is 1. The predicted molar refractivity (Wildman–Crippen MR) is 83.5 cm³/mol. The predicted octanol–water partition coefficient (Wildman–Crippen LogP) is 3.04. The van der Waals surface area contributed by atoms with Crippen molar-refractivity contribution < 1.29 is 0 Å². The van der Waals surface area contributed by atoms with Gasteiger partial charge in [-0.05, 0) is 49.1 Å². The third-order valence-corrected chi connectivity index (χ3v) is 3.74. The number of nitrogens with two attached hydrogens (primary N) is 1. The summed E-state index contributed by atoms with van der Waals surface area (Å²) in [6.07, 6.45) is 0. The monoisotopic (exact) mass is 270 g/mol. The molecule has 3 heteroatoms. The van der Waals surface area contributed by atoms with Gasteiger partial charge in [0.2, 0.25) is 0 Å². The van der Waals surface area contributed by atoms with Crippen LogP contribution in [0.1, 0.15) is 42.1 Å². The molecule has 0 spiro atoms. The average Bonchev–Trinajstić information content (AvgIpc) is 2.39. The SMILES string of the molecule is Cc1cc(C)n(-c2ccc(C(C)C)cc2)c(=O)c1CN. The zero-order valence-corrected chi connectivity index (χ0v) is 12.6. The van der Waals surface area contributed by atoms with Crippen molar-refractivity contribution in [3.05, 3.63) is 63.1 Å². The lowest BCUT2D eigenvalue weighted by atomic mass is 10.0. The second-order valence-corrected chi connectivity index (χ2v) is 5.54. The first kappa shape index (κ1) is 14.5. The van der Waals surface area contributed by atoms with Gasteiger partial charge in [0.1, 0.15) is 0 Å². The molecule has 0 aliphatic rings. The van der Waals surface area contributed by atoms with Gasteiger partial charge in [-0.15, -0.1) is 0 Å². The van der Waals surface area contributed by atoms with E-state index in [1.807, 2.05) is 32.0 Å². The van der Waals surface area contributed by atoms with Crippen LogP contribution in [0.2, 0.25) is 0 Å². The highest BCUT2D eigenvalue weighted by Gasteiger charge is 2.10. The summed E-state index contributed by atoms with van der Waals surface area (Å²) in [5, 5.41) is 0. The van der Waals surface area contributed by atoms with Crippen molar-refractivity contribution in [1.29, 1.82) is 0 Å². The van der Waals surface area contributed by atoms with E-state index in [1.165, 1.54) is 5.56 Å². The zero-order valence-electron chi connectivity index (χ0n) is 12.6. The van der Waals surface area contributed by atoms with E-state index in [2.05, 4.69) is 26.0 Å². The van der Waals surface area contributed by atoms with Crippen LogP contribution in [0.15, 0.2) is 35.1 Å². The number of hydrogen-bond donors (Lipinski definition) is 1. The molecule has 0 aliphatic carbocycles. The van der Waals surface area contributed by atoms with E-state index in [-0.39, 0.29) is 12.1 Å². The third kappa shape index (κ3) is 2.54. The summed E-state index contributed by atoms with van der Waals surface area (Å²) in [5.41, 5.74) is 10.4. The number of rotatable bonds is 3. The molecule has 1 aromatic heterocycles. The lowest BCUT2D eigenvalue weighted by Crippen LogP contribution is -2.27. The molecule has 0 amide bonds. The van der Waals surface area contributed by atoms with Crippen LogP contribution >= 0.6 is 0 Å². The Morgan fingerprint density at radius 2 is 1.75 bits per heavy atom. The summed E-state index contributed by atoms with van der Waals surface area (Å²) in [5.74, 6) is 0.486. The van der Waals surface area contributed by atoms with Crippen LogP contribution in [0.25, 0.3) is 5.69 Å². The number of benzene rings is 1. The molecule has 2 rings (SSSR count). The Balaban J connectivity index is 2.61. The van der Waals surface area contributed by atoms with Crippen LogP contribution in [0.3, 0.4) is 0 Å². The maximum absolute atomic E-state index is 12.5. The minimum atomic E-state index is -0.0118. The number of pyridine rings is 1. The molecule has 2 aromatic rings. The highest BCUT2D eigenvalue weighted by molar-refractivity contribution is 5.40. The molecule has 0 unspecified atom stereocenters. The molecule has 106 valence electrons. The molecule has 0 saturated heterocycles. The number of hydrogen-bond acceptors (Lipinski definition) is 2. The lowest BCUT2D eigenvalue weighted by molar-refractivity contribution is 0.855. The van der Waals surface area contributed by atoms with Crippen molar-refractivity contribution in [2.45, 2.75) is 40.2 Å². The van der Waals surface area contributed by atoms with Gasteiger partial charge in [-0.2, -0.15) is 0 Å². The molecule has 1 heterocycles. The molecule has 20 heavy (non-hydrogen) atoms. The smallest absolute Gasteiger partial charge is 0.260 e. The van der Waals surface area contributed by atoms with Crippen LogP contribution in [0.4, 0.5) is 0 Å². The van der Waals surface area contributed by atoms with Crippen molar-refractivity contribution in [1.82, 2.24) is 4.57 Å². The minimum Gasteiger partial charge on any atom is -0.326 e. The highest BCUT2D eigenvalue weighted by Crippen LogP contribution is 2.18. The molecule has 0 saturated carbocycles. The second kappa shape index (κ2) is 5.63. The fourth-order valence-electron chi connectivity index (χ4n) is 2.51. The summed E-state index contributed by atoms with van der Waals surface area (Å²) in [4.78, 5) is 12.5. The molecule has 0 bridgehead atoms. The van der Waals surface area contributed by atoms with Crippen LogP contribution in [-0.4, -0.2) is 4.57 Å². The lowest BCUT2D eigenvalue weighted by Gasteiger charge is -2.15. The molecule has 0 aliphatic heterocycles. The van der Waals surface area contributed by atoms with Crippen molar-refractivity contribution >= 4 is 0 Å². The van der Waals surface area contributed by atoms with E-state index in [0.717, 1.165) is 16.9 Å². The van der Waals surface area contributed by atoms with Gasteiger partial charge in [0, 0.05) is 23.5 Å². The molecule has 0 atom stereocenters. The molecule has 0 radical (unpaired) electrons. The van der Waals surface area contributed by atoms with Gasteiger partial charge < -0.3 is 5.73 Å². The van der Waals surface area contributed by atoms with E-state index in [1.54, 1.807) is 4.57 Å². The average molecular weight is 270 g/mol. The van der Waals surface area contributed by atoms with Crippen molar-refractivity contribution in [3.8, 4) is 5.69 Å². The fraction of sp³-hybridized carbons (Fsp3) is 0.353. The Labute approximate surface area is 120 Å². The van der Waals surface area contributed by atoms with E-state index in [9.17, 15) is 4.79 Å². The molecule has 2 N–H and O–H groups in total. The van der Waals surface area contributed by atoms with Gasteiger partial charge in [-0.25, -0.2) is 0 Å². The summed E-state index contributed by atoms with van der Waals surface area (Å²) in [6.45, 7) is 8.47. The van der Waals surface area contributed by atoms with E-state index in [0.29, 0.717) is 11.5 Å². The number of aryl methyl sites for hydroxylation is 2.